The van der Waals surface area contributed by atoms with Crippen molar-refractivity contribution in [1.29, 1.82) is 0 Å². The second-order valence-corrected chi connectivity index (χ2v) is 4.90. The third-order valence-corrected chi connectivity index (χ3v) is 3.58. The third-order valence-electron chi connectivity index (χ3n) is 3.58. The van der Waals surface area contributed by atoms with Crippen LogP contribution in [0, 0.1) is 18.7 Å². The van der Waals surface area contributed by atoms with Crippen molar-refractivity contribution < 1.29 is 14.3 Å². The Morgan fingerprint density at radius 2 is 2.28 bits per heavy atom. The van der Waals surface area contributed by atoms with Crippen molar-refractivity contribution >= 4 is 5.91 Å². The molecule has 2 N–H and O–H groups in total. The van der Waals surface area contributed by atoms with Gasteiger partial charge in [0.1, 0.15) is 5.82 Å². The monoisotopic (exact) mass is 251 g/mol. The molecule has 1 aromatic carbocycles. The van der Waals surface area contributed by atoms with Crippen LogP contribution < -0.4 is 5.32 Å². The number of carbonyl (C=O) groups is 1. The highest BCUT2D eigenvalue weighted by molar-refractivity contribution is 5.94. The summed E-state index contributed by atoms with van der Waals surface area (Å²) in [5.41, 5.74) is 0.533. The summed E-state index contributed by atoms with van der Waals surface area (Å²) in [6, 6.07) is 4.77. The molecule has 1 amide bonds. The smallest absolute Gasteiger partial charge is 0.254 e. The molecule has 0 saturated heterocycles. The summed E-state index contributed by atoms with van der Waals surface area (Å²) in [4.78, 5) is 11.8. The maximum absolute atomic E-state index is 13.7. The normalized spacial score (nSPS) is 23.1. The Morgan fingerprint density at radius 3 is 2.94 bits per heavy atom. The van der Waals surface area contributed by atoms with Crippen LogP contribution in [0.3, 0.4) is 0 Å². The van der Waals surface area contributed by atoms with E-state index in [0.29, 0.717) is 12.1 Å². The van der Waals surface area contributed by atoms with E-state index < -0.39 is 11.7 Å². The molecule has 2 atom stereocenters. The molecule has 2 unspecified atom stereocenters. The Bertz CT molecular complexity index is 447. The molecular formula is C14H18FNO2. The molecule has 4 heteroatoms. The van der Waals surface area contributed by atoms with Crippen LogP contribution in [-0.4, -0.2) is 23.7 Å². The van der Waals surface area contributed by atoms with Gasteiger partial charge in [0.05, 0.1) is 11.7 Å². The number of aryl methyl sites for hydroxylation is 1. The highest BCUT2D eigenvalue weighted by atomic mass is 19.1. The highest BCUT2D eigenvalue weighted by Gasteiger charge is 2.25. The predicted molar refractivity (Wildman–Crippen MR) is 66.8 cm³/mol. The maximum atomic E-state index is 13.7. The number of benzene rings is 1. The molecule has 1 aliphatic carbocycles. The van der Waals surface area contributed by atoms with Crippen LogP contribution in [0.2, 0.25) is 0 Å². The third kappa shape index (κ3) is 2.70. The van der Waals surface area contributed by atoms with E-state index in [1.54, 1.807) is 19.1 Å². The molecule has 0 aromatic heterocycles. The molecule has 1 aliphatic rings. The summed E-state index contributed by atoms with van der Waals surface area (Å²) >= 11 is 0. The largest absolute Gasteiger partial charge is 0.393 e. The number of hydrogen-bond acceptors (Lipinski definition) is 2. The zero-order chi connectivity index (χ0) is 13.1. The highest BCUT2D eigenvalue weighted by Crippen LogP contribution is 2.24. The number of rotatable bonds is 3. The lowest BCUT2D eigenvalue weighted by Crippen LogP contribution is -2.33. The fourth-order valence-corrected chi connectivity index (χ4v) is 2.40. The lowest BCUT2D eigenvalue weighted by molar-refractivity contribution is 0.0913. The van der Waals surface area contributed by atoms with Crippen molar-refractivity contribution in [3.05, 3.63) is 35.1 Å². The van der Waals surface area contributed by atoms with Gasteiger partial charge in [-0.3, -0.25) is 4.79 Å². The van der Waals surface area contributed by atoms with Gasteiger partial charge in [-0.2, -0.15) is 0 Å². The first kappa shape index (κ1) is 13.0. The first-order valence-electron chi connectivity index (χ1n) is 6.31. The molecule has 0 heterocycles. The van der Waals surface area contributed by atoms with E-state index in [0.717, 1.165) is 19.3 Å². The molecule has 1 fully saturated rings. The summed E-state index contributed by atoms with van der Waals surface area (Å²) in [6.45, 7) is 2.04. The van der Waals surface area contributed by atoms with Crippen LogP contribution in [0.1, 0.15) is 35.2 Å². The molecule has 1 aromatic rings. The summed E-state index contributed by atoms with van der Waals surface area (Å²) < 4.78 is 13.7. The Hall–Kier alpha value is -1.42. The van der Waals surface area contributed by atoms with Crippen molar-refractivity contribution in [3.63, 3.8) is 0 Å². The second kappa shape index (κ2) is 5.48. The van der Waals surface area contributed by atoms with Gasteiger partial charge in [-0.25, -0.2) is 4.39 Å². The number of hydrogen-bond donors (Lipinski definition) is 2. The van der Waals surface area contributed by atoms with Gasteiger partial charge in [0.15, 0.2) is 0 Å². The van der Waals surface area contributed by atoms with E-state index in [-0.39, 0.29) is 17.6 Å². The van der Waals surface area contributed by atoms with Gasteiger partial charge in [0.25, 0.3) is 5.91 Å². The lowest BCUT2D eigenvalue weighted by atomic mass is 10.1. The van der Waals surface area contributed by atoms with E-state index in [1.807, 2.05) is 0 Å². The number of carbonyl (C=O) groups excluding carboxylic acids is 1. The Labute approximate surface area is 106 Å². The van der Waals surface area contributed by atoms with E-state index in [1.165, 1.54) is 6.07 Å². The number of halogens is 1. The van der Waals surface area contributed by atoms with E-state index in [9.17, 15) is 14.3 Å². The molecule has 0 bridgehead atoms. The van der Waals surface area contributed by atoms with Crippen molar-refractivity contribution in [2.24, 2.45) is 5.92 Å². The molecule has 98 valence electrons. The van der Waals surface area contributed by atoms with Crippen LogP contribution in [0.4, 0.5) is 4.39 Å². The predicted octanol–water partition coefficient (Wildman–Crippen LogP) is 2.02. The summed E-state index contributed by atoms with van der Waals surface area (Å²) in [5.74, 6) is -0.779. The number of aliphatic hydroxyl groups excluding tert-OH is 1. The number of amides is 1. The van der Waals surface area contributed by atoms with Crippen molar-refractivity contribution in [1.82, 2.24) is 5.32 Å². The van der Waals surface area contributed by atoms with Crippen LogP contribution in [0.25, 0.3) is 0 Å². The van der Waals surface area contributed by atoms with Crippen LogP contribution >= 0.6 is 0 Å². The SMILES string of the molecule is Cc1cccc(C(=O)NCC2CCCC2O)c1F. The standard InChI is InChI=1S/C14H18FNO2/c1-9-4-2-6-11(13(9)15)14(18)16-8-10-5-3-7-12(10)17/h2,4,6,10,12,17H,3,5,7-8H2,1H3,(H,16,18). The van der Waals surface area contributed by atoms with Crippen molar-refractivity contribution in [3.8, 4) is 0 Å². The molecule has 2 rings (SSSR count). The molecule has 0 spiro atoms. The molecule has 0 radical (unpaired) electrons. The zero-order valence-electron chi connectivity index (χ0n) is 10.4. The summed E-state index contributed by atoms with van der Waals surface area (Å²) in [5, 5.41) is 12.3. The van der Waals surface area contributed by atoms with Gasteiger partial charge in [-0.15, -0.1) is 0 Å². The summed E-state index contributed by atoms with van der Waals surface area (Å²) in [7, 11) is 0. The minimum atomic E-state index is -0.470. The van der Waals surface area contributed by atoms with Gasteiger partial charge >= 0.3 is 0 Å². The topological polar surface area (TPSA) is 49.3 Å². The van der Waals surface area contributed by atoms with E-state index in [4.69, 9.17) is 0 Å². The molecule has 1 saturated carbocycles. The van der Waals surface area contributed by atoms with Crippen molar-refractivity contribution in [2.45, 2.75) is 32.3 Å². The van der Waals surface area contributed by atoms with Crippen LogP contribution in [-0.2, 0) is 0 Å². The van der Waals surface area contributed by atoms with Crippen molar-refractivity contribution in [2.75, 3.05) is 6.54 Å². The quantitative estimate of drug-likeness (QED) is 0.863. The molecular weight excluding hydrogens is 233 g/mol. The van der Waals surface area contributed by atoms with Gasteiger partial charge in [-0.05, 0) is 31.4 Å². The fourth-order valence-electron chi connectivity index (χ4n) is 2.40. The first-order chi connectivity index (χ1) is 8.59. The van der Waals surface area contributed by atoms with Gasteiger partial charge in [0.2, 0.25) is 0 Å². The van der Waals surface area contributed by atoms with Gasteiger partial charge in [0, 0.05) is 12.5 Å². The van der Waals surface area contributed by atoms with Crippen LogP contribution in [0.5, 0.6) is 0 Å². The first-order valence-corrected chi connectivity index (χ1v) is 6.31. The zero-order valence-corrected chi connectivity index (χ0v) is 10.4. The van der Waals surface area contributed by atoms with Gasteiger partial charge < -0.3 is 10.4 Å². The lowest BCUT2D eigenvalue weighted by Gasteiger charge is -2.15. The Balaban J connectivity index is 1.97. The average Bonchev–Trinajstić information content (AvgIpc) is 2.75. The number of aliphatic hydroxyl groups is 1. The number of nitrogens with one attached hydrogen (secondary N) is 1. The van der Waals surface area contributed by atoms with E-state index >= 15 is 0 Å². The molecule has 0 aliphatic heterocycles. The van der Waals surface area contributed by atoms with Crippen LogP contribution in [0.15, 0.2) is 18.2 Å². The minimum Gasteiger partial charge on any atom is -0.393 e. The Kier molecular flexibility index (Phi) is 3.97. The minimum absolute atomic E-state index is 0.0717. The second-order valence-electron chi connectivity index (χ2n) is 4.90. The molecule has 3 nitrogen and oxygen atoms in total. The van der Waals surface area contributed by atoms with E-state index in [2.05, 4.69) is 5.32 Å². The maximum Gasteiger partial charge on any atom is 0.254 e. The fraction of sp³-hybridized carbons (Fsp3) is 0.500. The van der Waals surface area contributed by atoms with Gasteiger partial charge in [-0.1, -0.05) is 18.6 Å². The average molecular weight is 251 g/mol. The molecule has 18 heavy (non-hydrogen) atoms. The Morgan fingerprint density at radius 1 is 1.50 bits per heavy atom. The summed E-state index contributed by atoms with van der Waals surface area (Å²) in [6.07, 6.45) is 2.35.